The van der Waals surface area contributed by atoms with Crippen molar-refractivity contribution in [2.75, 3.05) is 19.0 Å². The van der Waals surface area contributed by atoms with E-state index in [1.165, 1.54) is 49.6 Å². The molecule has 7 nitrogen and oxygen atoms in total. The minimum Gasteiger partial charge on any atom is -0.493 e. The van der Waals surface area contributed by atoms with E-state index in [-0.39, 0.29) is 39.5 Å². The minimum absolute atomic E-state index is 0.0570. The number of rotatable bonds is 8. The van der Waals surface area contributed by atoms with E-state index in [2.05, 4.69) is 5.32 Å². The molecule has 1 heterocycles. The van der Waals surface area contributed by atoms with E-state index in [9.17, 15) is 23.2 Å². The number of anilines is 1. The van der Waals surface area contributed by atoms with E-state index < -0.39 is 29.4 Å². The Bertz CT molecular complexity index is 1400. The fourth-order valence-electron chi connectivity index (χ4n) is 3.38. The first-order chi connectivity index (χ1) is 17.7. The molecule has 3 amide bonds. The van der Waals surface area contributed by atoms with Gasteiger partial charge < -0.3 is 14.8 Å². The van der Waals surface area contributed by atoms with E-state index in [0.29, 0.717) is 17.3 Å². The quantitative estimate of drug-likeness (QED) is 0.356. The van der Waals surface area contributed by atoms with Crippen LogP contribution in [0, 0.1) is 11.6 Å². The largest absolute Gasteiger partial charge is 0.493 e. The molecule has 0 radical (unpaired) electrons. The van der Waals surface area contributed by atoms with Crippen molar-refractivity contribution in [1.82, 2.24) is 4.90 Å². The van der Waals surface area contributed by atoms with Crippen LogP contribution in [0.25, 0.3) is 6.08 Å². The Hall–Kier alpha value is -3.89. The highest BCUT2D eigenvalue weighted by molar-refractivity contribution is 8.18. The van der Waals surface area contributed by atoms with Crippen molar-refractivity contribution in [3.8, 4) is 11.5 Å². The van der Waals surface area contributed by atoms with Gasteiger partial charge in [0.2, 0.25) is 5.91 Å². The van der Waals surface area contributed by atoms with Crippen LogP contribution in [0.3, 0.4) is 0 Å². The summed E-state index contributed by atoms with van der Waals surface area (Å²) < 4.78 is 38.0. The summed E-state index contributed by atoms with van der Waals surface area (Å²) in [4.78, 5) is 38.4. The molecule has 1 aliphatic rings. The third kappa shape index (κ3) is 6.28. The van der Waals surface area contributed by atoms with Crippen molar-refractivity contribution in [1.29, 1.82) is 0 Å². The number of thioether (sulfide) groups is 1. The molecule has 1 fully saturated rings. The molecule has 0 atom stereocenters. The lowest BCUT2D eigenvalue weighted by molar-refractivity contribution is -0.127. The van der Waals surface area contributed by atoms with Crippen molar-refractivity contribution in [2.24, 2.45) is 0 Å². The molecule has 190 valence electrons. The number of carbonyl (C=O) groups is 3. The molecule has 0 spiro atoms. The van der Waals surface area contributed by atoms with Crippen molar-refractivity contribution in [2.45, 2.75) is 6.61 Å². The van der Waals surface area contributed by atoms with Gasteiger partial charge in [-0.15, -0.1) is 0 Å². The number of ether oxygens (including phenoxy) is 2. The van der Waals surface area contributed by atoms with Gasteiger partial charge in [-0.1, -0.05) is 35.9 Å². The van der Waals surface area contributed by atoms with Crippen LogP contribution in [0.15, 0.2) is 65.6 Å². The first-order valence-electron chi connectivity index (χ1n) is 10.8. The molecule has 1 N–H and O–H groups in total. The molecule has 0 saturated carbocycles. The number of halogens is 3. The third-order valence-corrected chi connectivity index (χ3v) is 6.36. The van der Waals surface area contributed by atoms with Crippen LogP contribution in [-0.4, -0.2) is 35.6 Å². The Morgan fingerprint density at radius 2 is 1.84 bits per heavy atom. The molecule has 3 aromatic rings. The van der Waals surface area contributed by atoms with Gasteiger partial charge in [-0.05, 0) is 65.4 Å². The van der Waals surface area contributed by atoms with Crippen LogP contribution in [0.5, 0.6) is 11.5 Å². The maximum Gasteiger partial charge on any atom is 0.294 e. The van der Waals surface area contributed by atoms with Crippen molar-refractivity contribution < 1.29 is 32.6 Å². The number of nitrogens with zero attached hydrogens (tertiary/aromatic N) is 1. The Balaban J connectivity index is 1.47. The molecule has 0 aromatic heterocycles. The predicted octanol–water partition coefficient (Wildman–Crippen LogP) is 5.88. The zero-order valence-corrected chi connectivity index (χ0v) is 20.9. The second-order valence-corrected chi connectivity index (χ2v) is 9.15. The molecule has 0 unspecified atom stereocenters. The smallest absolute Gasteiger partial charge is 0.294 e. The van der Waals surface area contributed by atoms with Gasteiger partial charge in [-0.3, -0.25) is 19.3 Å². The van der Waals surface area contributed by atoms with Gasteiger partial charge in [0.15, 0.2) is 11.5 Å². The Labute approximate surface area is 220 Å². The van der Waals surface area contributed by atoms with Crippen LogP contribution in [0.1, 0.15) is 11.1 Å². The molecule has 11 heteroatoms. The van der Waals surface area contributed by atoms with Crippen molar-refractivity contribution in [3.05, 3.63) is 93.4 Å². The monoisotopic (exact) mass is 544 g/mol. The Kier molecular flexibility index (Phi) is 8.10. The zero-order valence-electron chi connectivity index (χ0n) is 19.3. The molecule has 37 heavy (non-hydrogen) atoms. The van der Waals surface area contributed by atoms with E-state index in [0.717, 1.165) is 10.5 Å². The number of para-hydroxylation sites is 1. The van der Waals surface area contributed by atoms with Crippen LogP contribution in [-0.2, 0) is 16.2 Å². The van der Waals surface area contributed by atoms with Gasteiger partial charge >= 0.3 is 0 Å². The number of nitrogens with one attached hydrogen (secondary N) is 1. The van der Waals surface area contributed by atoms with E-state index >= 15 is 0 Å². The fourth-order valence-corrected chi connectivity index (χ4v) is 4.49. The normalized spacial score (nSPS) is 14.3. The molecule has 1 saturated heterocycles. The van der Waals surface area contributed by atoms with Gasteiger partial charge in [-0.25, -0.2) is 8.78 Å². The lowest BCUT2D eigenvalue weighted by Crippen LogP contribution is -2.36. The summed E-state index contributed by atoms with van der Waals surface area (Å²) in [7, 11) is 1.42. The zero-order chi connectivity index (χ0) is 26.5. The number of amides is 3. The molecule has 1 aliphatic heterocycles. The van der Waals surface area contributed by atoms with Gasteiger partial charge in [0.25, 0.3) is 11.1 Å². The molecule has 3 aromatic carbocycles. The van der Waals surface area contributed by atoms with Crippen LogP contribution in [0.2, 0.25) is 5.02 Å². The molecule has 0 bridgehead atoms. The van der Waals surface area contributed by atoms with Crippen molar-refractivity contribution in [3.63, 3.8) is 0 Å². The Morgan fingerprint density at radius 1 is 1.11 bits per heavy atom. The lowest BCUT2D eigenvalue weighted by atomic mass is 10.1. The van der Waals surface area contributed by atoms with Crippen molar-refractivity contribution >= 4 is 52.2 Å². The summed E-state index contributed by atoms with van der Waals surface area (Å²) in [6, 6.07) is 14.5. The van der Waals surface area contributed by atoms with Crippen LogP contribution >= 0.6 is 23.4 Å². The maximum absolute atomic E-state index is 13.8. The third-order valence-electron chi connectivity index (χ3n) is 5.17. The molecule has 4 rings (SSSR count). The standard InChI is InChI=1S/C26H19ClF2N2O5S/c1-35-21-11-16(10-18(27)24(21)36-14-15-6-8-17(28)9-7-15)12-22-25(33)31(26(34)37-22)13-23(32)30-20-5-3-2-4-19(20)29/h2-12H,13-14H2,1H3,(H,30,32)/b22-12-. The number of hydrogen-bond acceptors (Lipinski definition) is 6. The SMILES string of the molecule is COc1cc(/C=C2\SC(=O)N(CC(=O)Nc3ccccc3F)C2=O)cc(Cl)c1OCc1ccc(F)cc1. The molecular formula is C26H19ClF2N2O5S. The van der Waals surface area contributed by atoms with Gasteiger partial charge in [0, 0.05) is 0 Å². The Morgan fingerprint density at radius 3 is 2.54 bits per heavy atom. The number of imide groups is 1. The highest BCUT2D eigenvalue weighted by Crippen LogP contribution is 2.39. The van der Waals surface area contributed by atoms with Gasteiger partial charge in [0.05, 0.1) is 22.7 Å². The summed E-state index contributed by atoms with van der Waals surface area (Å²) in [5.41, 5.74) is 1.12. The fraction of sp³-hybridized carbons (Fsp3) is 0.115. The maximum atomic E-state index is 13.8. The summed E-state index contributed by atoms with van der Waals surface area (Å²) >= 11 is 7.05. The number of carbonyl (C=O) groups excluding carboxylic acids is 3. The van der Waals surface area contributed by atoms with Gasteiger partial charge in [0.1, 0.15) is 24.8 Å². The predicted molar refractivity (Wildman–Crippen MR) is 136 cm³/mol. The van der Waals surface area contributed by atoms with E-state index in [1.54, 1.807) is 24.3 Å². The second-order valence-electron chi connectivity index (χ2n) is 7.75. The first-order valence-corrected chi connectivity index (χ1v) is 12.0. The van der Waals surface area contributed by atoms with Crippen LogP contribution in [0.4, 0.5) is 19.3 Å². The van der Waals surface area contributed by atoms with Crippen LogP contribution < -0.4 is 14.8 Å². The summed E-state index contributed by atoms with van der Waals surface area (Å²) in [6.07, 6.45) is 1.44. The average Bonchev–Trinajstić information content (AvgIpc) is 3.12. The lowest BCUT2D eigenvalue weighted by Gasteiger charge is -2.14. The minimum atomic E-state index is -0.721. The summed E-state index contributed by atoms with van der Waals surface area (Å²) in [5.74, 6) is -1.86. The van der Waals surface area contributed by atoms with Gasteiger partial charge in [-0.2, -0.15) is 0 Å². The van der Waals surface area contributed by atoms with E-state index in [1.807, 2.05) is 0 Å². The topological polar surface area (TPSA) is 84.9 Å². The van der Waals surface area contributed by atoms with E-state index in [4.69, 9.17) is 21.1 Å². The second kappa shape index (κ2) is 11.4. The summed E-state index contributed by atoms with van der Waals surface area (Å²) in [6.45, 7) is -0.458. The number of hydrogen-bond donors (Lipinski definition) is 1. The molecule has 0 aliphatic carbocycles. The first kappa shape index (κ1) is 26.2. The molecular weight excluding hydrogens is 526 g/mol. The highest BCUT2D eigenvalue weighted by Gasteiger charge is 2.36. The summed E-state index contributed by atoms with van der Waals surface area (Å²) in [5, 5.41) is 1.89. The average molecular weight is 545 g/mol. The number of methoxy groups -OCH3 is 1. The highest BCUT2D eigenvalue weighted by atomic mass is 35.5. The number of benzene rings is 3.